The molecule has 1 aromatic carbocycles. The maximum atomic E-state index is 12.3. The monoisotopic (exact) mass is 345 g/mol. The zero-order valence-electron chi connectivity index (χ0n) is 13.1. The van der Waals surface area contributed by atoms with E-state index in [9.17, 15) is 4.79 Å². The van der Waals surface area contributed by atoms with Gasteiger partial charge in [0.25, 0.3) is 5.56 Å². The van der Waals surface area contributed by atoms with E-state index >= 15 is 0 Å². The first kappa shape index (κ1) is 16.1. The number of aromatic amines is 1. The number of benzene rings is 1. The van der Waals surface area contributed by atoms with Crippen LogP contribution in [-0.4, -0.2) is 22.1 Å². The molecule has 2 aromatic heterocycles. The van der Waals surface area contributed by atoms with Crippen molar-refractivity contribution in [2.75, 3.05) is 18.2 Å². The van der Waals surface area contributed by atoms with E-state index in [1.807, 2.05) is 6.92 Å². The molecule has 0 spiro atoms. The van der Waals surface area contributed by atoms with Gasteiger partial charge in [0.05, 0.1) is 19.3 Å². The number of hydrogen-bond donors (Lipinski definition) is 3. The van der Waals surface area contributed by atoms with E-state index in [0.29, 0.717) is 22.3 Å². The maximum absolute atomic E-state index is 12.3. The van der Waals surface area contributed by atoms with Crippen LogP contribution in [-0.2, 0) is 0 Å². The van der Waals surface area contributed by atoms with Crippen molar-refractivity contribution in [1.82, 2.24) is 15.0 Å². The van der Waals surface area contributed by atoms with Crippen LogP contribution in [0.5, 0.6) is 5.75 Å². The fourth-order valence-electron chi connectivity index (χ4n) is 2.40. The van der Waals surface area contributed by atoms with E-state index < -0.39 is 0 Å². The number of nitrogens with one attached hydrogen (secondary N) is 2. The Morgan fingerprint density at radius 1 is 1.38 bits per heavy atom. The summed E-state index contributed by atoms with van der Waals surface area (Å²) < 4.78 is 5.02. The van der Waals surface area contributed by atoms with Crippen molar-refractivity contribution < 1.29 is 4.74 Å². The van der Waals surface area contributed by atoms with E-state index in [1.165, 1.54) is 13.3 Å². The summed E-state index contributed by atoms with van der Waals surface area (Å²) in [6.45, 7) is 1.84. The van der Waals surface area contributed by atoms with Crippen LogP contribution in [0.1, 0.15) is 18.5 Å². The average molecular weight is 346 g/mol. The highest BCUT2D eigenvalue weighted by molar-refractivity contribution is 6.31. The van der Waals surface area contributed by atoms with Crippen molar-refractivity contribution in [2.45, 2.75) is 13.0 Å². The molecule has 7 nitrogen and oxygen atoms in total. The second kappa shape index (κ2) is 6.37. The van der Waals surface area contributed by atoms with Gasteiger partial charge in [-0.25, -0.2) is 4.98 Å². The molecule has 3 aromatic rings. The quantitative estimate of drug-likeness (QED) is 0.671. The number of ether oxygens (including phenoxy) is 1. The molecule has 4 N–H and O–H groups in total. The number of nitrogen functional groups attached to an aromatic ring is 1. The molecule has 0 amide bonds. The Hall–Kier alpha value is -2.80. The fraction of sp³-hybridized carbons (Fsp3) is 0.188. The van der Waals surface area contributed by atoms with E-state index in [1.54, 1.807) is 24.3 Å². The third-order valence-corrected chi connectivity index (χ3v) is 3.89. The van der Waals surface area contributed by atoms with Gasteiger partial charge >= 0.3 is 0 Å². The zero-order chi connectivity index (χ0) is 17.3. The standard InChI is InChI=1S/C16H16ClN5O2/c1-8(20-16-19-7-13(24-2)14(18)22-16)11-6-9-5-10(17)3-4-12(9)21-15(11)23/h3-8H,1-2H3,(H,21,23)(H3,18,19,20,22)/t8-/m0/s1. The van der Waals surface area contributed by atoms with Crippen molar-refractivity contribution in [2.24, 2.45) is 0 Å². The molecule has 0 aliphatic rings. The normalized spacial score (nSPS) is 12.1. The molecule has 0 aliphatic carbocycles. The number of hydrogen-bond acceptors (Lipinski definition) is 6. The van der Waals surface area contributed by atoms with Crippen molar-refractivity contribution >= 4 is 34.3 Å². The Labute approximate surface area is 142 Å². The highest BCUT2D eigenvalue weighted by atomic mass is 35.5. The van der Waals surface area contributed by atoms with Crippen molar-refractivity contribution in [3.05, 3.63) is 51.4 Å². The smallest absolute Gasteiger partial charge is 0.253 e. The molecular weight excluding hydrogens is 330 g/mol. The van der Waals surface area contributed by atoms with Gasteiger partial charge in [0, 0.05) is 21.5 Å². The first-order chi connectivity index (χ1) is 11.5. The molecule has 0 radical (unpaired) electrons. The number of aromatic nitrogens is 3. The third-order valence-electron chi connectivity index (χ3n) is 3.65. The second-order valence-electron chi connectivity index (χ2n) is 5.30. The third kappa shape index (κ3) is 3.11. The number of anilines is 2. The predicted octanol–water partition coefficient (Wildman–Crippen LogP) is 2.74. The average Bonchev–Trinajstić information content (AvgIpc) is 2.54. The molecule has 0 aliphatic heterocycles. The molecular formula is C16H16ClN5O2. The van der Waals surface area contributed by atoms with Gasteiger partial charge in [0.15, 0.2) is 11.6 Å². The molecule has 24 heavy (non-hydrogen) atoms. The summed E-state index contributed by atoms with van der Waals surface area (Å²) in [5.74, 6) is 0.930. The summed E-state index contributed by atoms with van der Waals surface area (Å²) in [5.41, 5.74) is 6.85. The summed E-state index contributed by atoms with van der Waals surface area (Å²) in [6.07, 6.45) is 1.47. The number of fused-ring (bicyclic) bond motifs is 1. The van der Waals surface area contributed by atoms with Gasteiger partial charge in [-0.05, 0) is 31.2 Å². The van der Waals surface area contributed by atoms with Gasteiger partial charge < -0.3 is 20.8 Å². The molecule has 1 atom stereocenters. The lowest BCUT2D eigenvalue weighted by Crippen LogP contribution is -2.20. The van der Waals surface area contributed by atoms with Crippen LogP contribution in [0.4, 0.5) is 11.8 Å². The Balaban J connectivity index is 1.93. The lowest BCUT2D eigenvalue weighted by atomic mass is 10.1. The summed E-state index contributed by atoms with van der Waals surface area (Å²) in [6, 6.07) is 6.77. The number of pyridine rings is 1. The van der Waals surface area contributed by atoms with Crippen LogP contribution in [0.2, 0.25) is 5.02 Å². The lowest BCUT2D eigenvalue weighted by molar-refractivity contribution is 0.413. The van der Waals surface area contributed by atoms with E-state index in [0.717, 1.165) is 10.9 Å². The Kier molecular flexibility index (Phi) is 4.26. The minimum Gasteiger partial charge on any atom is -0.491 e. The second-order valence-corrected chi connectivity index (χ2v) is 5.74. The van der Waals surface area contributed by atoms with Crippen LogP contribution >= 0.6 is 11.6 Å². The van der Waals surface area contributed by atoms with Gasteiger partial charge in [-0.1, -0.05) is 11.6 Å². The SMILES string of the molecule is COc1cnc(N[C@@H](C)c2cc3cc(Cl)ccc3[nH]c2=O)nc1N. The summed E-state index contributed by atoms with van der Waals surface area (Å²) in [5, 5.41) is 4.51. The molecule has 124 valence electrons. The largest absolute Gasteiger partial charge is 0.491 e. The number of rotatable bonds is 4. The van der Waals surface area contributed by atoms with E-state index in [2.05, 4.69) is 20.3 Å². The lowest BCUT2D eigenvalue weighted by Gasteiger charge is -2.15. The van der Waals surface area contributed by atoms with E-state index in [4.69, 9.17) is 22.1 Å². The number of nitrogens with zero attached hydrogens (tertiary/aromatic N) is 2. The molecule has 2 heterocycles. The number of methoxy groups -OCH3 is 1. The number of H-pyrrole nitrogens is 1. The van der Waals surface area contributed by atoms with Crippen molar-refractivity contribution in [3.8, 4) is 5.75 Å². The Bertz CT molecular complexity index is 957. The molecule has 8 heteroatoms. The minimum absolute atomic E-state index is 0.189. The Morgan fingerprint density at radius 2 is 2.17 bits per heavy atom. The molecule has 3 rings (SSSR count). The van der Waals surface area contributed by atoms with Crippen molar-refractivity contribution in [3.63, 3.8) is 0 Å². The highest BCUT2D eigenvalue weighted by Crippen LogP contribution is 2.22. The van der Waals surface area contributed by atoms with Crippen LogP contribution in [0.25, 0.3) is 10.9 Å². The molecule has 0 unspecified atom stereocenters. The first-order valence-corrected chi connectivity index (χ1v) is 7.61. The van der Waals surface area contributed by atoms with Crippen LogP contribution in [0.3, 0.4) is 0 Å². The van der Waals surface area contributed by atoms with E-state index in [-0.39, 0.29) is 17.4 Å². The van der Waals surface area contributed by atoms with Gasteiger partial charge in [-0.3, -0.25) is 4.79 Å². The van der Waals surface area contributed by atoms with Gasteiger partial charge in [-0.2, -0.15) is 4.98 Å². The Morgan fingerprint density at radius 3 is 2.88 bits per heavy atom. The van der Waals surface area contributed by atoms with Crippen LogP contribution < -0.4 is 21.3 Å². The highest BCUT2D eigenvalue weighted by Gasteiger charge is 2.13. The van der Waals surface area contributed by atoms with Gasteiger partial charge in [-0.15, -0.1) is 0 Å². The number of halogens is 1. The zero-order valence-corrected chi connectivity index (χ0v) is 13.9. The molecule has 0 saturated carbocycles. The predicted molar refractivity (Wildman–Crippen MR) is 94.6 cm³/mol. The van der Waals surface area contributed by atoms with Crippen LogP contribution in [0.15, 0.2) is 35.3 Å². The summed E-state index contributed by atoms with van der Waals surface area (Å²) in [7, 11) is 1.49. The van der Waals surface area contributed by atoms with Crippen molar-refractivity contribution in [1.29, 1.82) is 0 Å². The summed E-state index contributed by atoms with van der Waals surface area (Å²) >= 11 is 6.01. The molecule has 0 fully saturated rings. The topological polar surface area (TPSA) is 106 Å². The minimum atomic E-state index is -0.329. The summed E-state index contributed by atoms with van der Waals surface area (Å²) in [4.78, 5) is 23.4. The number of nitrogens with two attached hydrogens (primary N) is 1. The molecule has 0 bridgehead atoms. The van der Waals surface area contributed by atoms with Gasteiger partial charge in [0.1, 0.15) is 0 Å². The van der Waals surface area contributed by atoms with Gasteiger partial charge in [0.2, 0.25) is 5.95 Å². The first-order valence-electron chi connectivity index (χ1n) is 7.23. The van der Waals surface area contributed by atoms with Crippen LogP contribution in [0, 0.1) is 0 Å². The fourth-order valence-corrected chi connectivity index (χ4v) is 2.58. The molecule has 0 saturated heterocycles. The maximum Gasteiger partial charge on any atom is 0.253 e.